The van der Waals surface area contributed by atoms with Crippen LogP contribution < -0.4 is 10.2 Å². The summed E-state index contributed by atoms with van der Waals surface area (Å²) < 4.78 is 24.4. The van der Waals surface area contributed by atoms with Crippen LogP contribution in [0.3, 0.4) is 0 Å². The minimum atomic E-state index is -0.263. The first-order chi connectivity index (χ1) is 13.2. The van der Waals surface area contributed by atoms with Crippen molar-refractivity contribution >= 4 is 16.9 Å². The molecule has 3 aromatic rings. The summed E-state index contributed by atoms with van der Waals surface area (Å²) in [5, 5.41) is 3.88. The van der Waals surface area contributed by atoms with Gasteiger partial charge in [-0.2, -0.15) is 0 Å². The van der Waals surface area contributed by atoms with Crippen LogP contribution in [0, 0.1) is 5.82 Å². The zero-order chi connectivity index (χ0) is 18.6. The number of furan rings is 1. The van der Waals surface area contributed by atoms with Gasteiger partial charge in [0, 0.05) is 10.9 Å². The molecule has 6 heteroatoms. The fraction of sp³-hybridized carbons (Fsp3) is 0.286. The first-order valence-corrected chi connectivity index (χ1v) is 9.15. The Morgan fingerprint density at radius 2 is 1.85 bits per heavy atom. The first-order valence-electron chi connectivity index (χ1n) is 9.15. The molecule has 0 spiro atoms. The molecule has 0 radical (unpaired) electrons. The van der Waals surface area contributed by atoms with Crippen LogP contribution in [-0.4, -0.2) is 38.8 Å². The molecule has 1 aliphatic rings. The summed E-state index contributed by atoms with van der Waals surface area (Å²) in [6.07, 6.45) is 0. The van der Waals surface area contributed by atoms with E-state index in [0.717, 1.165) is 24.0 Å². The lowest BCUT2D eigenvalue weighted by molar-refractivity contribution is -0.937. The van der Waals surface area contributed by atoms with Crippen LogP contribution in [0.2, 0.25) is 0 Å². The highest BCUT2D eigenvalue weighted by Gasteiger charge is 2.27. The highest BCUT2D eigenvalue weighted by atomic mass is 19.1. The Hall–Kier alpha value is -2.70. The second-order valence-corrected chi connectivity index (χ2v) is 6.73. The number of morpholine rings is 1. The highest BCUT2D eigenvalue weighted by Crippen LogP contribution is 2.19. The van der Waals surface area contributed by atoms with Gasteiger partial charge in [-0.15, -0.1) is 0 Å². The van der Waals surface area contributed by atoms with Gasteiger partial charge < -0.3 is 19.4 Å². The van der Waals surface area contributed by atoms with Crippen molar-refractivity contribution in [2.45, 2.75) is 6.04 Å². The van der Waals surface area contributed by atoms with E-state index in [2.05, 4.69) is 5.32 Å². The summed E-state index contributed by atoms with van der Waals surface area (Å²) in [6, 6.07) is 15.8. The number of ether oxygens (including phenoxy) is 1. The van der Waals surface area contributed by atoms with Gasteiger partial charge >= 0.3 is 0 Å². The zero-order valence-electron chi connectivity index (χ0n) is 14.9. The third-order valence-corrected chi connectivity index (χ3v) is 5.02. The van der Waals surface area contributed by atoms with Crippen LogP contribution >= 0.6 is 0 Å². The number of carbonyl (C=O) groups excluding carboxylic acids is 1. The highest BCUT2D eigenvalue weighted by molar-refractivity contribution is 5.96. The van der Waals surface area contributed by atoms with Crippen molar-refractivity contribution in [2.75, 3.05) is 32.8 Å². The lowest BCUT2D eigenvalue weighted by atomic mass is 10.0. The van der Waals surface area contributed by atoms with Crippen LogP contribution in [0.5, 0.6) is 0 Å². The summed E-state index contributed by atoms with van der Waals surface area (Å²) in [7, 11) is 0. The van der Waals surface area contributed by atoms with Gasteiger partial charge in [0.05, 0.1) is 19.8 Å². The average molecular weight is 369 g/mol. The Kier molecular flexibility index (Phi) is 5.18. The molecule has 2 aromatic carbocycles. The maximum Gasteiger partial charge on any atom is 0.287 e. The number of quaternary nitrogens is 1. The van der Waals surface area contributed by atoms with Crippen LogP contribution in [0.1, 0.15) is 22.2 Å². The van der Waals surface area contributed by atoms with Crippen molar-refractivity contribution < 1.29 is 23.2 Å². The molecule has 140 valence electrons. The van der Waals surface area contributed by atoms with E-state index >= 15 is 0 Å². The number of nitrogens with one attached hydrogen (secondary N) is 2. The Labute approximate surface area is 156 Å². The number of hydrogen-bond donors (Lipinski definition) is 2. The molecule has 1 amide bonds. The molecule has 2 N–H and O–H groups in total. The fourth-order valence-corrected chi connectivity index (χ4v) is 3.55. The van der Waals surface area contributed by atoms with Crippen LogP contribution in [0.4, 0.5) is 4.39 Å². The smallest absolute Gasteiger partial charge is 0.287 e. The van der Waals surface area contributed by atoms with Crippen molar-refractivity contribution in [3.8, 4) is 0 Å². The quantitative estimate of drug-likeness (QED) is 0.723. The molecule has 0 bridgehead atoms. The van der Waals surface area contributed by atoms with Gasteiger partial charge in [0.15, 0.2) is 5.76 Å². The van der Waals surface area contributed by atoms with Gasteiger partial charge in [-0.3, -0.25) is 4.79 Å². The summed E-state index contributed by atoms with van der Waals surface area (Å²) in [4.78, 5) is 13.9. The van der Waals surface area contributed by atoms with E-state index in [0.29, 0.717) is 31.1 Å². The minimum absolute atomic E-state index is 0.0304. The fourth-order valence-electron chi connectivity index (χ4n) is 3.55. The van der Waals surface area contributed by atoms with Crippen LogP contribution in [0.25, 0.3) is 11.0 Å². The Bertz CT molecular complexity index is 884. The number of fused-ring (bicyclic) bond motifs is 1. The lowest BCUT2D eigenvalue weighted by Crippen LogP contribution is -3.15. The standard InChI is InChI=1S/C21H21FN2O3/c22-17-7-5-15(6-8-17)18(24-9-11-26-12-10-24)14-23-21(25)20-13-16-3-1-2-4-19(16)27-20/h1-8,13,18H,9-12,14H2,(H,23,25)/p+1/t18-/m0/s1. The molecule has 2 heterocycles. The van der Waals surface area contributed by atoms with Gasteiger partial charge in [0.1, 0.15) is 30.5 Å². The normalized spacial score (nSPS) is 16.3. The van der Waals surface area contributed by atoms with Crippen molar-refractivity contribution in [1.82, 2.24) is 5.32 Å². The van der Waals surface area contributed by atoms with Gasteiger partial charge in [-0.1, -0.05) is 30.3 Å². The van der Waals surface area contributed by atoms with E-state index in [9.17, 15) is 9.18 Å². The van der Waals surface area contributed by atoms with E-state index in [1.54, 1.807) is 18.2 Å². The number of benzene rings is 2. The Balaban J connectivity index is 1.50. The largest absolute Gasteiger partial charge is 0.451 e. The van der Waals surface area contributed by atoms with Crippen molar-refractivity contribution in [3.05, 3.63) is 71.7 Å². The summed E-state index contributed by atoms with van der Waals surface area (Å²) in [5.41, 5.74) is 1.69. The Morgan fingerprint density at radius 1 is 1.11 bits per heavy atom. The molecule has 1 aromatic heterocycles. The molecule has 4 rings (SSSR count). The van der Waals surface area contributed by atoms with E-state index in [1.165, 1.54) is 17.0 Å². The minimum Gasteiger partial charge on any atom is -0.451 e. The molecular weight excluding hydrogens is 347 g/mol. The third kappa shape index (κ3) is 4.02. The van der Waals surface area contributed by atoms with Gasteiger partial charge in [-0.05, 0) is 24.3 Å². The second-order valence-electron chi connectivity index (χ2n) is 6.73. The first kappa shape index (κ1) is 17.7. The number of amides is 1. The van der Waals surface area contributed by atoms with Gasteiger partial charge in [-0.25, -0.2) is 4.39 Å². The van der Waals surface area contributed by atoms with E-state index in [1.807, 2.05) is 24.3 Å². The van der Waals surface area contributed by atoms with Crippen LogP contribution in [0.15, 0.2) is 59.0 Å². The van der Waals surface area contributed by atoms with Crippen LogP contribution in [-0.2, 0) is 4.74 Å². The molecule has 1 aliphatic heterocycles. The average Bonchev–Trinajstić information content (AvgIpc) is 3.14. The molecule has 1 atom stereocenters. The topological polar surface area (TPSA) is 55.9 Å². The van der Waals surface area contributed by atoms with Gasteiger partial charge in [0.25, 0.3) is 5.91 Å². The molecule has 1 fully saturated rings. The molecule has 1 saturated heterocycles. The van der Waals surface area contributed by atoms with Crippen molar-refractivity contribution in [2.24, 2.45) is 0 Å². The number of rotatable bonds is 5. The predicted octanol–water partition coefficient (Wildman–Crippen LogP) is 1.96. The van der Waals surface area contributed by atoms with Crippen molar-refractivity contribution in [3.63, 3.8) is 0 Å². The number of halogens is 1. The number of carbonyl (C=O) groups is 1. The Morgan fingerprint density at radius 3 is 2.59 bits per heavy atom. The maximum absolute atomic E-state index is 13.3. The summed E-state index contributed by atoms with van der Waals surface area (Å²) in [5.74, 6) is -0.210. The molecular formula is C21H22FN2O3+. The summed E-state index contributed by atoms with van der Waals surface area (Å²) >= 11 is 0. The molecule has 5 nitrogen and oxygen atoms in total. The molecule has 27 heavy (non-hydrogen) atoms. The predicted molar refractivity (Wildman–Crippen MR) is 99.2 cm³/mol. The van der Waals surface area contributed by atoms with E-state index < -0.39 is 0 Å². The van der Waals surface area contributed by atoms with E-state index in [4.69, 9.17) is 9.15 Å². The summed E-state index contributed by atoms with van der Waals surface area (Å²) in [6.45, 7) is 3.51. The van der Waals surface area contributed by atoms with E-state index in [-0.39, 0.29) is 17.8 Å². The maximum atomic E-state index is 13.3. The number of para-hydroxylation sites is 1. The zero-order valence-corrected chi connectivity index (χ0v) is 14.9. The monoisotopic (exact) mass is 369 g/mol. The molecule has 0 aliphatic carbocycles. The molecule has 0 saturated carbocycles. The SMILES string of the molecule is O=C(NC[C@@H](c1ccc(F)cc1)[NH+]1CCOCC1)c1cc2ccccc2o1. The second kappa shape index (κ2) is 7.90. The lowest BCUT2D eigenvalue weighted by Gasteiger charge is -2.31. The third-order valence-electron chi connectivity index (χ3n) is 5.02. The van der Waals surface area contributed by atoms with Gasteiger partial charge in [0.2, 0.25) is 0 Å². The number of hydrogen-bond acceptors (Lipinski definition) is 3. The van der Waals surface area contributed by atoms with Crippen molar-refractivity contribution in [1.29, 1.82) is 0 Å². The molecule has 0 unspecified atom stereocenters.